The zero-order valence-electron chi connectivity index (χ0n) is 11.7. The third-order valence-corrected chi connectivity index (χ3v) is 4.03. The highest BCUT2D eigenvalue weighted by Gasteiger charge is 2.26. The smallest absolute Gasteiger partial charge is 0.186 e. The molecule has 0 bridgehead atoms. The second-order valence-corrected chi connectivity index (χ2v) is 5.50. The molecule has 1 aliphatic carbocycles. The summed E-state index contributed by atoms with van der Waals surface area (Å²) in [5, 5.41) is 0. The molecule has 1 aliphatic rings. The SMILES string of the molecule is Cc1[nH]c(-c2cccnc2)nc1C(=O)C1CCCCC1. The third kappa shape index (κ3) is 2.50. The summed E-state index contributed by atoms with van der Waals surface area (Å²) < 4.78 is 0. The molecule has 4 nitrogen and oxygen atoms in total. The molecular weight excluding hydrogens is 250 g/mol. The molecule has 4 heteroatoms. The van der Waals surface area contributed by atoms with Gasteiger partial charge in [-0.3, -0.25) is 9.78 Å². The Balaban J connectivity index is 1.87. The Hall–Kier alpha value is -1.97. The Morgan fingerprint density at radius 1 is 1.30 bits per heavy atom. The van der Waals surface area contributed by atoms with Crippen molar-refractivity contribution >= 4 is 5.78 Å². The highest BCUT2D eigenvalue weighted by atomic mass is 16.1. The van der Waals surface area contributed by atoms with Crippen LogP contribution in [0.15, 0.2) is 24.5 Å². The molecule has 0 radical (unpaired) electrons. The maximum absolute atomic E-state index is 12.6. The summed E-state index contributed by atoms with van der Waals surface area (Å²) in [6.45, 7) is 1.92. The van der Waals surface area contributed by atoms with Crippen LogP contribution in [-0.4, -0.2) is 20.7 Å². The molecule has 2 aromatic heterocycles. The minimum atomic E-state index is 0.160. The van der Waals surface area contributed by atoms with E-state index >= 15 is 0 Å². The summed E-state index contributed by atoms with van der Waals surface area (Å²) in [5.41, 5.74) is 2.38. The first kappa shape index (κ1) is 13.0. The largest absolute Gasteiger partial charge is 0.341 e. The molecule has 0 aliphatic heterocycles. The molecule has 2 heterocycles. The Morgan fingerprint density at radius 2 is 2.10 bits per heavy atom. The first-order valence-corrected chi connectivity index (χ1v) is 7.27. The van der Waals surface area contributed by atoms with Crippen molar-refractivity contribution in [1.29, 1.82) is 0 Å². The van der Waals surface area contributed by atoms with E-state index in [1.807, 2.05) is 19.1 Å². The van der Waals surface area contributed by atoms with Gasteiger partial charge in [0.25, 0.3) is 0 Å². The van der Waals surface area contributed by atoms with Gasteiger partial charge in [0.1, 0.15) is 11.5 Å². The summed E-state index contributed by atoms with van der Waals surface area (Å²) >= 11 is 0. The fourth-order valence-electron chi connectivity index (χ4n) is 2.90. The normalized spacial score (nSPS) is 16.2. The summed E-state index contributed by atoms with van der Waals surface area (Å²) in [7, 11) is 0. The minimum absolute atomic E-state index is 0.160. The molecule has 1 saturated carbocycles. The molecule has 0 atom stereocenters. The molecule has 20 heavy (non-hydrogen) atoms. The van der Waals surface area contributed by atoms with Gasteiger partial charge in [-0.1, -0.05) is 19.3 Å². The molecular formula is C16H19N3O. The number of imidazole rings is 1. The Kier molecular flexibility index (Phi) is 3.63. The Bertz CT molecular complexity index is 597. The number of nitrogens with zero attached hydrogens (tertiary/aromatic N) is 2. The first-order chi connectivity index (χ1) is 9.75. The summed E-state index contributed by atoms with van der Waals surface area (Å²) in [5.74, 6) is 1.09. The monoisotopic (exact) mass is 269 g/mol. The van der Waals surface area contributed by atoms with E-state index in [1.54, 1.807) is 12.4 Å². The number of hydrogen-bond acceptors (Lipinski definition) is 3. The maximum atomic E-state index is 12.6. The highest BCUT2D eigenvalue weighted by Crippen LogP contribution is 2.28. The lowest BCUT2D eigenvalue weighted by atomic mass is 9.85. The number of Topliss-reactive ketones (excluding diaryl/α,β-unsaturated/α-hetero) is 1. The van der Waals surface area contributed by atoms with E-state index in [9.17, 15) is 4.79 Å². The van der Waals surface area contributed by atoms with E-state index in [-0.39, 0.29) is 11.7 Å². The number of carbonyl (C=O) groups is 1. The van der Waals surface area contributed by atoms with Crippen molar-refractivity contribution in [3.8, 4) is 11.4 Å². The predicted molar refractivity (Wildman–Crippen MR) is 77.5 cm³/mol. The van der Waals surface area contributed by atoms with E-state index in [4.69, 9.17) is 0 Å². The van der Waals surface area contributed by atoms with E-state index < -0.39 is 0 Å². The van der Waals surface area contributed by atoms with Crippen LogP contribution in [0.1, 0.15) is 48.3 Å². The second kappa shape index (κ2) is 5.57. The fraction of sp³-hybridized carbons (Fsp3) is 0.438. The van der Waals surface area contributed by atoms with Crippen LogP contribution in [-0.2, 0) is 0 Å². The van der Waals surface area contributed by atoms with Crippen molar-refractivity contribution in [2.45, 2.75) is 39.0 Å². The third-order valence-electron chi connectivity index (χ3n) is 4.03. The molecule has 0 amide bonds. The molecule has 0 saturated heterocycles. The molecule has 3 rings (SSSR count). The number of pyridine rings is 1. The van der Waals surface area contributed by atoms with Crippen molar-refractivity contribution in [2.75, 3.05) is 0 Å². The average Bonchev–Trinajstić information content (AvgIpc) is 2.90. The van der Waals surface area contributed by atoms with E-state index in [0.717, 1.165) is 42.8 Å². The van der Waals surface area contributed by atoms with E-state index in [1.165, 1.54) is 6.42 Å². The van der Waals surface area contributed by atoms with Gasteiger partial charge in [0.05, 0.1) is 0 Å². The summed E-state index contributed by atoms with van der Waals surface area (Å²) in [6, 6.07) is 3.82. The van der Waals surface area contributed by atoms with Crippen molar-refractivity contribution in [2.24, 2.45) is 5.92 Å². The van der Waals surface area contributed by atoms with Gasteiger partial charge < -0.3 is 4.98 Å². The molecule has 0 aromatic carbocycles. The number of aromatic amines is 1. The quantitative estimate of drug-likeness (QED) is 0.867. The van der Waals surface area contributed by atoms with Crippen LogP contribution in [0.4, 0.5) is 0 Å². The topological polar surface area (TPSA) is 58.6 Å². The second-order valence-electron chi connectivity index (χ2n) is 5.50. The van der Waals surface area contributed by atoms with Crippen molar-refractivity contribution in [3.63, 3.8) is 0 Å². The van der Waals surface area contributed by atoms with Crippen LogP contribution >= 0.6 is 0 Å². The molecule has 0 unspecified atom stereocenters. The number of aromatic nitrogens is 3. The zero-order chi connectivity index (χ0) is 13.9. The van der Waals surface area contributed by atoms with Gasteiger partial charge in [0.15, 0.2) is 5.78 Å². The van der Waals surface area contributed by atoms with Crippen molar-refractivity contribution in [1.82, 2.24) is 15.0 Å². The van der Waals surface area contributed by atoms with Gasteiger partial charge >= 0.3 is 0 Å². The lowest BCUT2D eigenvalue weighted by Crippen LogP contribution is -2.19. The lowest BCUT2D eigenvalue weighted by Gasteiger charge is -2.19. The Morgan fingerprint density at radius 3 is 2.80 bits per heavy atom. The van der Waals surface area contributed by atoms with Crippen LogP contribution < -0.4 is 0 Å². The zero-order valence-corrected chi connectivity index (χ0v) is 11.7. The van der Waals surface area contributed by atoms with Crippen LogP contribution in [0.5, 0.6) is 0 Å². The molecule has 0 spiro atoms. The standard InChI is InChI=1S/C16H19N3O/c1-11-14(15(20)12-6-3-2-4-7-12)19-16(18-11)13-8-5-9-17-10-13/h5,8-10,12H,2-4,6-7H2,1H3,(H,18,19). The summed E-state index contributed by atoms with van der Waals surface area (Å²) in [4.78, 5) is 24.4. The van der Waals surface area contributed by atoms with E-state index in [0.29, 0.717) is 5.69 Å². The van der Waals surface area contributed by atoms with Crippen LogP contribution in [0.2, 0.25) is 0 Å². The van der Waals surface area contributed by atoms with Crippen molar-refractivity contribution < 1.29 is 4.79 Å². The number of hydrogen-bond donors (Lipinski definition) is 1. The maximum Gasteiger partial charge on any atom is 0.186 e. The average molecular weight is 269 g/mol. The Labute approximate surface area is 118 Å². The van der Waals surface area contributed by atoms with Gasteiger partial charge in [-0.2, -0.15) is 0 Å². The lowest BCUT2D eigenvalue weighted by molar-refractivity contribution is 0.0884. The molecule has 2 aromatic rings. The van der Waals surface area contributed by atoms with Crippen molar-refractivity contribution in [3.05, 3.63) is 35.9 Å². The number of H-pyrrole nitrogens is 1. The first-order valence-electron chi connectivity index (χ1n) is 7.27. The van der Waals surface area contributed by atoms with E-state index in [2.05, 4.69) is 15.0 Å². The number of nitrogens with one attached hydrogen (secondary N) is 1. The van der Waals surface area contributed by atoms with Crippen LogP contribution in [0, 0.1) is 12.8 Å². The fourth-order valence-corrected chi connectivity index (χ4v) is 2.90. The number of ketones is 1. The van der Waals surface area contributed by atoms with Crippen LogP contribution in [0.25, 0.3) is 11.4 Å². The highest BCUT2D eigenvalue weighted by molar-refractivity contribution is 5.97. The van der Waals surface area contributed by atoms with Gasteiger partial charge in [0.2, 0.25) is 0 Å². The molecule has 1 fully saturated rings. The van der Waals surface area contributed by atoms with Gasteiger partial charge in [0, 0.05) is 29.6 Å². The minimum Gasteiger partial charge on any atom is -0.341 e. The summed E-state index contributed by atoms with van der Waals surface area (Å²) in [6.07, 6.45) is 9.08. The molecule has 1 N–H and O–H groups in total. The van der Waals surface area contributed by atoms with Crippen LogP contribution in [0.3, 0.4) is 0 Å². The van der Waals surface area contributed by atoms with Gasteiger partial charge in [-0.25, -0.2) is 4.98 Å². The predicted octanol–water partition coefficient (Wildman–Crippen LogP) is 3.54. The number of rotatable bonds is 3. The van der Waals surface area contributed by atoms with Gasteiger partial charge in [-0.15, -0.1) is 0 Å². The number of aryl methyl sites for hydroxylation is 1. The molecule has 104 valence electrons. The number of carbonyl (C=O) groups excluding carboxylic acids is 1. The van der Waals surface area contributed by atoms with Gasteiger partial charge in [-0.05, 0) is 31.9 Å².